The van der Waals surface area contributed by atoms with Crippen molar-refractivity contribution >= 4 is 10.2 Å². The maximum Gasteiger partial charge on any atom is 0.282 e. The normalized spacial score (nSPS) is 18.4. The van der Waals surface area contributed by atoms with Gasteiger partial charge in [-0.15, -0.1) is 10.2 Å². The number of rotatable bonds is 5. The second-order valence-corrected chi connectivity index (χ2v) is 7.06. The van der Waals surface area contributed by atoms with Gasteiger partial charge in [-0.3, -0.25) is 0 Å². The predicted octanol–water partition coefficient (Wildman–Crippen LogP) is 1.18. The summed E-state index contributed by atoms with van der Waals surface area (Å²) in [4.78, 5) is 0. The highest BCUT2D eigenvalue weighted by Crippen LogP contribution is 2.17. The van der Waals surface area contributed by atoms with Crippen LogP contribution in [0.2, 0.25) is 0 Å². The van der Waals surface area contributed by atoms with Crippen LogP contribution in [0.4, 0.5) is 0 Å². The quantitative estimate of drug-likeness (QED) is 0.816. The maximum absolute atomic E-state index is 12.5. The Bertz CT molecular complexity index is 521. The Morgan fingerprint density at radius 1 is 1.15 bits per heavy atom. The van der Waals surface area contributed by atoms with Crippen molar-refractivity contribution in [3.8, 4) is 0 Å². The standard InChI is InChI=1S/C12H22N4O3S/c1-3-11-13-14-12(19-11)10-15(2)20(17,18)16-8-6-4-5-7-9-16/h3-10H2,1-2H3. The van der Waals surface area contributed by atoms with Gasteiger partial charge in [0.2, 0.25) is 11.8 Å². The molecule has 20 heavy (non-hydrogen) atoms. The predicted molar refractivity (Wildman–Crippen MR) is 74.1 cm³/mol. The lowest BCUT2D eigenvalue weighted by atomic mass is 10.2. The van der Waals surface area contributed by atoms with Crippen LogP contribution < -0.4 is 0 Å². The van der Waals surface area contributed by atoms with Gasteiger partial charge in [-0.2, -0.15) is 17.0 Å². The van der Waals surface area contributed by atoms with Crippen molar-refractivity contribution in [2.24, 2.45) is 0 Å². The first-order valence-corrected chi connectivity index (χ1v) is 8.46. The summed E-state index contributed by atoms with van der Waals surface area (Å²) in [6.45, 7) is 3.22. The van der Waals surface area contributed by atoms with Crippen LogP contribution >= 0.6 is 0 Å². The van der Waals surface area contributed by atoms with Crippen LogP contribution in [0.5, 0.6) is 0 Å². The van der Waals surface area contributed by atoms with Crippen LogP contribution in [0.3, 0.4) is 0 Å². The fourth-order valence-electron chi connectivity index (χ4n) is 2.24. The van der Waals surface area contributed by atoms with Crippen molar-refractivity contribution in [2.45, 2.75) is 45.6 Å². The van der Waals surface area contributed by atoms with Crippen molar-refractivity contribution in [3.05, 3.63) is 11.8 Å². The zero-order valence-electron chi connectivity index (χ0n) is 12.1. The van der Waals surface area contributed by atoms with Gasteiger partial charge in [0.1, 0.15) is 0 Å². The number of hydrogen-bond acceptors (Lipinski definition) is 5. The van der Waals surface area contributed by atoms with Crippen molar-refractivity contribution in [3.63, 3.8) is 0 Å². The topological polar surface area (TPSA) is 79.5 Å². The van der Waals surface area contributed by atoms with E-state index in [-0.39, 0.29) is 6.54 Å². The number of aryl methyl sites for hydroxylation is 1. The van der Waals surface area contributed by atoms with E-state index in [1.54, 1.807) is 11.4 Å². The van der Waals surface area contributed by atoms with E-state index in [1.807, 2.05) is 6.92 Å². The van der Waals surface area contributed by atoms with E-state index in [9.17, 15) is 8.42 Å². The van der Waals surface area contributed by atoms with Gasteiger partial charge >= 0.3 is 0 Å². The van der Waals surface area contributed by atoms with Crippen LogP contribution in [-0.2, 0) is 23.2 Å². The molecule has 0 aromatic carbocycles. The highest BCUT2D eigenvalue weighted by Gasteiger charge is 2.28. The number of nitrogens with zero attached hydrogens (tertiary/aromatic N) is 4. The minimum absolute atomic E-state index is 0.117. The molecule has 0 spiro atoms. The molecule has 0 bridgehead atoms. The largest absolute Gasteiger partial charge is 0.424 e. The fourth-order valence-corrected chi connectivity index (χ4v) is 3.62. The molecule has 1 saturated heterocycles. The van der Waals surface area contributed by atoms with Crippen LogP contribution in [0.1, 0.15) is 44.4 Å². The third-order valence-corrected chi connectivity index (χ3v) is 5.39. The van der Waals surface area contributed by atoms with Gasteiger partial charge in [0, 0.05) is 26.6 Å². The van der Waals surface area contributed by atoms with Crippen LogP contribution in [0, 0.1) is 0 Å². The summed E-state index contributed by atoms with van der Waals surface area (Å²) >= 11 is 0. The van der Waals surface area contributed by atoms with Gasteiger partial charge in [-0.25, -0.2) is 0 Å². The van der Waals surface area contributed by atoms with E-state index >= 15 is 0 Å². The monoisotopic (exact) mass is 302 g/mol. The summed E-state index contributed by atoms with van der Waals surface area (Å²) in [5, 5.41) is 7.71. The van der Waals surface area contributed by atoms with Gasteiger partial charge < -0.3 is 4.42 Å². The Kier molecular flexibility index (Phi) is 5.11. The summed E-state index contributed by atoms with van der Waals surface area (Å²) in [6.07, 6.45) is 4.69. The molecule has 114 valence electrons. The van der Waals surface area contributed by atoms with E-state index in [2.05, 4.69) is 10.2 Å². The molecule has 0 N–H and O–H groups in total. The maximum atomic E-state index is 12.5. The van der Waals surface area contributed by atoms with E-state index < -0.39 is 10.2 Å². The first kappa shape index (κ1) is 15.4. The van der Waals surface area contributed by atoms with Crippen molar-refractivity contribution in [1.82, 2.24) is 18.8 Å². The first-order valence-electron chi connectivity index (χ1n) is 7.06. The molecule has 1 aromatic heterocycles. The minimum atomic E-state index is -3.44. The number of hydrogen-bond donors (Lipinski definition) is 0. The Labute approximate surface area is 120 Å². The lowest BCUT2D eigenvalue weighted by Crippen LogP contribution is -2.42. The molecule has 1 fully saturated rings. The Morgan fingerprint density at radius 2 is 1.75 bits per heavy atom. The molecule has 2 rings (SSSR count). The third kappa shape index (κ3) is 3.56. The fraction of sp³-hybridized carbons (Fsp3) is 0.833. The van der Waals surface area contributed by atoms with E-state index in [0.717, 1.165) is 25.7 Å². The first-order chi connectivity index (χ1) is 9.54. The molecule has 1 aliphatic rings. The zero-order valence-corrected chi connectivity index (χ0v) is 12.9. The SMILES string of the molecule is CCc1nnc(CN(C)S(=O)(=O)N2CCCCCC2)o1. The summed E-state index contributed by atoms with van der Waals surface area (Å²) < 4.78 is 33.2. The van der Waals surface area contributed by atoms with Gasteiger partial charge in [0.25, 0.3) is 10.2 Å². The van der Waals surface area contributed by atoms with Crippen molar-refractivity contribution in [2.75, 3.05) is 20.1 Å². The second-order valence-electron chi connectivity index (χ2n) is 5.02. The molecule has 0 saturated carbocycles. The highest BCUT2D eigenvalue weighted by molar-refractivity contribution is 7.86. The summed E-state index contributed by atoms with van der Waals surface area (Å²) in [5.74, 6) is 0.864. The molecule has 0 radical (unpaired) electrons. The van der Waals surface area contributed by atoms with E-state index in [1.165, 1.54) is 4.31 Å². The van der Waals surface area contributed by atoms with Crippen LogP contribution in [-0.4, -0.2) is 47.4 Å². The Balaban J connectivity index is 2.03. The molecule has 0 unspecified atom stereocenters. The molecule has 1 aromatic rings. The van der Waals surface area contributed by atoms with Crippen LogP contribution in [0.25, 0.3) is 0 Å². The minimum Gasteiger partial charge on any atom is -0.424 e. The highest BCUT2D eigenvalue weighted by atomic mass is 32.2. The van der Waals surface area contributed by atoms with E-state index in [4.69, 9.17) is 4.42 Å². The van der Waals surface area contributed by atoms with Crippen molar-refractivity contribution < 1.29 is 12.8 Å². The molecular formula is C12H22N4O3S. The molecular weight excluding hydrogens is 280 g/mol. The van der Waals surface area contributed by atoms with Gasteiger partial charge in [0.15, 0.2) is 0 Å². The molecule has 1 aliphatic heterocycles. The summed E-state index contributed by atoms with van der Waals surface area (Å²) in [6, 6.07) is 0. The molecule has 0 aliphatic carbocycles. The smallest absolute Gasteiger partial charge is 0.282 e. The lowest BCUT2D eigenvalue weighted by Gasteiger charge is -2.25. The van der Waals surface area contributed by atoms with Gasteiger partial charge in [-0.1, -0.05) is 19.8 Å². The molecule has 7 nitrogen and oxygen atoms in total. The molecule has 0 amide bonds. The Morgan fingerprint density at radius 3 is 2.30 bits per heavy atom. The summed E-state index contributed by atoms with van der Waals surface area (Å²) in [7, 11) is -1.89. The summed E-state index contributed by atoms with van der Waals surface area (Å²) in [5.41, 5.74) is 0. The van der Waals surface area contributed by atoms with Gasteiger partial charge in [0.05, 0.1) is 6.54 Å². The van der Waals surface area contributed by atoms with E-state index in [0.29, 0.717) is 31.3 Å². The second kappa shape index (κ2) is 6.64. The molecule has 0 atom stereocenters. The lowest BCUT2D eigenvalue weighted by molar-refractivity contribution is 0.337. The average Bonchev–Trinajstić information content (AvgIpc) is 2.70. The van der Waals surface area contributed by atoms with Crippen molar-refractivity contribution in [1.29, 1.82) is 0 Å². The average molecular weight is 302 g/mol. The molecule has 2 heterocycles. The van der Waals surface area contributed by atoms with Gasteiger partial charge in [-0.05, 0) is 12.8 Å². The molecule has 8 heteroatoms. The third-order valence-electron chi connectivity index (χ3n) is 3.45. The van der Waals surface area contributed by atoms with Crippen LogP contribution in [0.15, 0.2) is 4.42 Å². The Hall–Kier alpha value is -0.990. The zero-order chi connectivity index (χ0) is 14.6. The number of aromatic nitrogens is 2.